The van der Waals surface area contributed by atoms with Gasteiger partial charge in [0.1, 0.15) is 12.1 Å². The Bertz CT molecular complexity index is 1430. The number of fused-ring (bicyclic) bond motifs is 2. The van der Waals surface area contributed by atoms with Gasteiger partial charge in [-0.3, -0.25) is 14.2 Å². The fourth-order valence-electron chi connectivity index (χ4n) is 3.48. The highest BCUT2D eigenvalue weighted by molar-refractivity contribution is 6.05. The van der Waals surface area contributed by atoms with Crippen LogP contribution in [0.15, 0.2) is 84.0 Å². The number of benzene rings is 2. The van der Waals surface area contributed by atoms with Crippen LogP contribution in [-0.4, -0.2) is 25.4 Å². The minimum absolute atomic E-state index is 0.303. The summed E-state index contributed by atoms with van der Waals surface area (Å²) in [5, 5.41) is 3.57. The number of nitrogens with zero attached hydrogens (tertiary/aromatic N) is 3. The molecule has 0 saturated carbocycles. The van der Waals surface area contributed by atoms with E-state index in [0.717, 1.165) is 22.4 Å². The number of rotatable bonds is 4. The number of aromatic amines is 1. The van der Waals surface area contributed by atoms with Crippen molar-refractivity contribution in [1.82, 2.24) is 24.8 Å². The molecule has 0 aliphatic carbocycles. The summed E-state index contributed by atoms with van der Waals surface area (Å²) in [5.74, 6) is 0.446. The summed E-state index contributed by atoms with van der Waals surface area (Å²) in [6, 6.07) is 20.2. The second-order valence-corrected chi connectivity index (χ2v) is 6.90. The summed E-state index contributed by atoms with van der Waals surface area (Å²) in [6.45, 7) is 0.303. The Morgan fingerprint density at radius 3 is 2.70 bits per heavy atom. The number of carbonyl (C=O) groups excluding carboxylic acids is 1. The van der Waals surface area contributed by atoms with Crippen molar-refractivity contribution in [3.8, 4) is 5.82 Å². The molecule has 7 nitrogen and oxygen atoms in total. The lowest BCUT2D eigenvalue weighted by atomic mass is 10.1. The number of H-pyrrole nitrogens is 1. The zero-order valence-electron chi connectivity index (χ0n) is 15.9. The van der Waals surface area contributed by atoms with E-state index in [1.54, 1.807) is 18.6 Å². The number of pyridine rings is 2. The third kappa shape index (κ3) is 3.22. The van der Waals surface area contributed by atoms with Gasteiger partial charge in [-0.1, -0.05) is 36.4 Å². The maximum absolute atomic E-state index is 12.7. The van der Waals surface area contributed by atoms with Crippen LogP contribution in [-0.2, 0) is 6.54 Å². The molecule has 0 saturated heterocycles. The maximum atomic E-state index is 12.7. The molecule has 30 heavy (non-hydrogen) atoms. The second-order valence-electron chi connectivity index (χ2n) is 6.90. The first-order valence-corrected chi connectivity index (χ1v) is 9.47. The van der Waals surface area contributed by atoms with Crippen LogP contribution in [0.25, 0.3) is 27.8 Å². The summed E-state index contributed by atoms with van der Waals surface area (Å²) in [4.78, 5) is 36.2. The van der Waals surface area contributed by atoms with Gasteiger partial charge in [0.15, 0.2) is 0 Å². The van der Waals surface area contributed by atoms with Crippen LogP contribution in [0.1, 0.15) is 15.9 Å². The van der Waals surface area contributed by atoms with Crippen molar-refractivity contribution in [2.45, 2.75) is 6.54 Å². The van der Waals surface area contributed by atoms with Gasteiger partial charge in [0, 0.05) is 29.7 Å². The first kappa shape index (κ1) is 17.8. The summed E-state index contributed by atoms with van der Waals surface area (Å²) < 4.78 is 1.92. The second kappa shape index (κ2) is 7.29. The Balaban J connectivity index is 1.35. The van der Waals surface area contributed by atoms with Crippen molar-refractivity contribution >= 4 is 27.8 Å². The van der Waals surface area contributed by atoms with E-state index in [2.05, 4.69) is 20.3 Å². The van der Waals surface area contributed by atoms with Gasteiger partial charge in [-0.2, -0.15) is 0 Å². The van der Waals surface area contributed by atoms with Crippen molar-refractivity contribution in [2.75, 3.05) is 0 Å². The molecule has 0 atom stereocenters. The Morgan fingerprint density at radius 1 is 1.00 bits per heavy atom. The molecule has 0 unspecified atom stereocenters. The number of imidazole rings is 1. The minimum atomic E-state index is -0.308. The van der Waals surface area contributed by atoms with Crippen molar-refractivity contribution in [3.05, 3.63) is 101 Å². The minimum Gasteiger partial charge on any atom is -0.348 e. The number of para-hydroxylation sites is 3. The van der Waals surface area contributed by atoms with E-state index in [4.69, 9.17) is 0 Å². The zero-order chi connectivity index (χ0) is 20.5. The highest BCUT2D eigenvalue weighted by Crippen LogP contribution is 2.17. The van der Waals surface area contributed by atoms with Crippen LogP contribution < -0.4 is 10.9 Å². The highest BCUT2D eigenvalue weighted by Gasteiger charge is 2.12. The lowest BCUT2D eigenvalue weighted by Gasteiger charge is -2.09. The molecule has 3 aromatic heterocycles. The van der Waals surface area contributed by atoms with Crippen LogP contribution in [0, 0.1) is 0 Å². The summed E-state index contributed by atoms with van der Waals surface area (Å²) >= 11 is 0. The molecule has 5 rings (SSSR count). The van der Waals surface area contributed by atoms with Crippen LogP contribution in [0.3, 0.4) is 0 Å². The number of hydrogen-bond donors (Lipinski definition) is 2. The van der Waals surface area contributed by atoms with Crippen LogP contribution in [0.5, 0.6) is 0 Å². The van der Waals surface area contributed by atoms with Crippen molar-refractivity contribution in [1.29, 1.82) is 0 Å². The number of nitrogens with one attached hydrogen (secondary N) is 2. The Labute approximate surface area is 171 Å². The van der Waals surface area contributed by atoms with Crippen LogP contribution in [0.4, 0.5) is 0 Å². The van der Waals surface area contributed by atoms with Crippen molar-refractivity contribution in [2.24, 2.45) is 0 Å². The Hall–Kier alpha value is -4.26. The molecule has 2 aromatic carbocycles. The molecule has 5 aromatic rings. The standard InChI is InChI=1S/C23H17N5O2/c29-22-11-17(16-5-1-2-6-18(16)27-22)23(30)25-13-15-9-10-21(24-12-15)28-14-26-19-7-3-4-8-20(19)28/h1-12,14H,13H2,(H,25,30)(H,27,29). The van der Waals surface area contributed by atoms with Crippen LogP contribution in [0.2, 0.25) is 0 Å². The SMILES string of the molecule is O=C(NCc1ccc(-n2cnc3ccccc32)nc1)c1cc(=O)[nH]c2ccccc12. The molecule has 2 N–H and O–H groups in total. The van der Waals surface area contributed by atoms with E-state index in [9.17, 15) is 9.59 Å². The molecule has 1 amide bonds. The molecule has 7 heteroatoms. The third-order valence-electron chi connectivity index (χ3n) is 4.96. The summed E-state index contributed by atoms with van der Waals surface area (Å²) in [5.41, 5.74) is 3.41. The van der Waals surface area contributed by atoms with Gasteiger partial charge in [-0.05, 0) is 29.8 Å². The molecule has 0 spiro atoms. The topological polar surface area (TPSA) is 92.7 Å². The molecule has 146 valence electrons. The average molecular weight is 395 g/mol. The Kier molecular flexibility index (Phi) is 4.33. The van der Waals surface area contributed by atoms with E-state index >= 15 is 0 Å². The number of amides is 1. The quantitative estimate of drug-likeness (QED) is 0.489. The normalized spacial score (nSPS) is 11.1. The maximum Gasteiger partial charge on any atom is 0.252 e. The van der Waals surface area contributed by atoms with Gasteiger partial charge in [0.25, 0.3) is 5.91 Å². The first-order chi connectivity index (χ1) is 14.7. The summed E-state index contributed by atoms with van der Waals surface area (Å²) in [7, 11) is 0. The molecule has 0 aliphatic heterocycles. The Morgan fingerprint density at radius 2 is 1.83 bits per heavy atom. The third-order valence-corrected chi connectivity index (χ3v) is 4.96. The molecule has 0 bridgehead atoms. The van der Waals surface area contributed by atoms with Crippen molar-refractivity contribution < 1.29 is 4.79 Å². The fourth-order valence-corrected chi connectivity index (χ4v) is 3.48. The zero-order valence-corrected chi connectivity index (χ0v) is 15.9. The van der Waals surface area contributed by atoms with Gasteiger partial charge in [0.2, 0.25) is 5.56 Å². The number of hydrogen-bond acceptors (Lipinski definition) is 4. The lowest BCUT2D eigenvalue weighted by molar-refractivity contribution is 0.0952. The predicted octanol–water partition coefficient (Wildman–Crippen LogP) is 3.19. The molecular weight excluding hydrogens is 378 g/mol. The van der Waals surface area contributed by atoms with E-state index in [0.29, 0.717) is 23.0 Å². The lowest BCUT2D eigenvalue weighted by Crippen LogP contribution is -2.25. The number of carbonyl (C=O) groups is 1. The monoisotopic (exact) mass is 395 g/mol. The van der Waals surface area contributed by atoms with Gasteiger partial charge in [0.05, 0.1) is 16.6 Å². The largest absolute Gasteiger partial charge is 0.348 e. The van der Waals surface area contributed by atoms with Gasteiger partial charge >= 0.3 is 0 Å². The molecular formula is C23H17N5O2. The van der Waals surface area contributed by atoms with Gasteiger partial charge in [-0.15, -0.1) is 0 Å². The summed E-state index contributed by atoms with van der Waals surface area (Å²) in [6.07, 6.45) is 3.47. The van der Waals surface area contributed by atoms with Gasteiger partial charge in [-0.25, -0.2) is 9.97 Å². The van der Waals surface area contributed by atoms with E-state index in [1.807, 2.05) is 59.2 Å². The smallest absolute Gasteiger partial charge is 0.252 e. The highest BCUT2D eigenvalue weighted by atomic mass is 16.2. The molecule has 0 fully saturated rings. The van der Waals surface area contributed by atoms with Crippen molar-refractivity contribution in [3.63, 3.8) is 0 Å². The average Bonchev–Trinajstić information content (AvgIpc) is 3.21. The molecule has 0 aliphatic rings. The predicted molar refractivity (Wildman–Crippen MR) is 115 cm³/mol. The fraction of sp³-hybridized carbons (Fsp3) is 0.0435. The molecule has 0 radical (unpaired) electrons. The van der Waals surface area contributed by atoms with E-state index in [1.165, 1.54) is 6.07 Å². The van der Waals surface area contributed by atoms with Crippen LogP contribution >= 0.6 is 0 Å². The van der Waals surface area contributed by atoms with E-state index in [-0.39, 0.29) is 11.5 Å². The number of aromatic nitrogens is 4. The molecule has 3 heterocycles. The van der Waals surface area contributed by atoms with E-state index < -0.39 is 0 Å². The first-order valence-electron chi connectivity index (χ1n) is 9.47. The van der Waals surface area contributed by atoms with Gasteiger partial charge < -0.3 is 10.3 Å².